The first-order chi connectivity index (χ1) is 10.7. The summed E-state index contributed by atoms with van der Waals surface area (Å²) < 4.78 is 10.7. The first kappa shape index (κ1) is 17.0. The number of benzene rings is 2. The molecule has 0 saturated carbocycles. The Kier molecular flexibility index (Phi) is 4.71. The molecule has 2 rings (SSSR count). The molecule has 0 unspecified atom stereocenters. The van der Waals surface area contributed by atoms with Gasteiger partial charge in [-0.25, -0.2) is 9.59 Å². The minimum atomic E-state index is -0.784. The molecule has 2 N–H and O–H groups in total. The summed E-state index contributed by atoms with van der Waals surface area (Å²) in [6, 6.07) is 9.93. The Hall–Kier alpha value is -2.40. The van der Waals surface area contributed by atoms with Crippen molar-refractivity contribution in [1.29, 1.82) is 0 Å². The van der Waals surface area contributed by atoms with Crippen LogP contribution < -0.4 is 10.5 Å². The molecule has 23 heavy (non-hydrogen) atoms. The van der Waals surface area contributed by atoms with Crippen LogP contribution in [-0.2, 0) is 9.53 Å². The summed E-state index contributed by atoms with van der Waals surface area (Å²) in [5.74, 6) is -0.993. The SMILES string of the molecule is C[C@H](N)C(=O)Oc1ccc2ccccc2c1C(=O)OC(C)(C)C. The molecule has 0 aliphatic heterocycles. The van der Waals surface area contributed by atoms with E-state index in [1.54, 1.807) is 39.0 Å². The van der Waals surface area contributed by atoms with E-state index in [0.717, 1.165) is 5.39 Å². The molecule has 2 aromatic rings. The van der Waals surface area contributed by atoms with Crippen molar-refractivity contribution in [2.45, 2.75) is 39.3 Å². The maximum atomic E-state index is 12.6. The summed E-state index contributed by atoms with van der Waals surface area (Å²) in [7, 11) is 0. The quantitative estimate of drug-likeness (QED) is 0.695. The first-order valence-corrected chi connectivity index (χ1v) is 7.41. The summed E-state index contributed by atoms with van der Waals surface area (Å²) in [6.07, 6.45) is 0. The van der Waals surface area contributed by atoms with Crippen LogP contribution in [0.15, 0.2) is 36.4 Å². The van der Waals surface area contributed by atoms with Crippen LogP contribution in [-0.4, -0.2) is 23.6 Å². The second-order valence-electron chi connectivity index (χ2n) is 6.37. The second-order valence-corrected chi connectivity index (χ2v) is 6.37. The Balaban J connectivity index is 2.56. The predicted molar refractivity (Wildman–Crippen MR) is 88.4 cm³/mol. The van der Waals surface area contributed by atoms with Gasteiger partial charge in [0.2, 0.25) is 0 Å². The normalized spacial score (nSPS) is 12.7. The van der Waals surface area contributed by atoms with Gasteiger partial charge in [0.25, 0.3) is 0 Å². The number of fused-ring (bicyclic) bond motifs is 1. The van der Waals surface area contributed by atoms with Gasteiger partial charge in [0, 0.05) is 0 Å². The maximum Gasteiger partial charge on any atom is 0.343 e. The van der Waals surface area contributed by atoms with Crippen molar-refractivity contribution >= 4 is 22.7 Å². The number of nitrogens with two attached hydrogens (primary N) is 1. The highest BCUT2D eigenvalue weighted by molar-refractivity contribution is 6.07. The van der Waals surface area contributed by atoms with Gasteiger partial charge in [0.1, 0.15) is 23.0 Å². The molecule has 0 aliphatic rings. The van der Waals surface area contributed by atoms with Gasteiger partial charge < -0.3 is 15.2 Å². The summed E-state index contributed by atoms with van der Waals surface area (Å²) in [6.45, 7) is 6.87. The zero-order valence-corrected chi connectivity index (χ0v) is 13.8. The van der Waals surface area contributed by atoms with Crippen LogP contribution in [0.5, 0.6) is 5.75 Å². The lowest BCUT2D eigenvalue weighted by molar-refractivity contribution is -0.135. The predicted octanol–water partition coefficient (Wildman–Crippen LogP) is 3.05. The van der Waals surface area contributed by atoms with E-state index < -0.39 is 23.6 Å². The number of ether oxygens (including phenoxy) is 2. The zero-order valence-electron chi connectivity index (χ0n) is 13.8. The van der Waals surface area contributed by atoms with Crippen LogP contribution in [0.2, 0.25) is 0 Å². The van der Waals surface area contributed by atoms with Gasteiger partial charge in [-0.15, -0.1) is 0 Å². The lowest BCUT2D eigenvalue weighted by Gasteiger charge is -2.21. The molecule has 0 amide bonds. The number of rotatable bonds is 3. The van der Waals surface area contributed by atoms with Crippen LogP contribution in [0.1, 0.15) is 38.1 Å². The Morgan fingerprint density at radius 1 is 1.09 bits per heavy atom. The topological polar surface area (TPSA) is 78.6 Å². The highest BCUT2D eigenvalue weighted by Crippen LogP contribution is 2.30. The van der Waals surface area contributed by atoms with Crippen molar-refractivity contribution in [3.05, 3.63) is 42.0 Å². The largest absolute Gasteiger partial charge is 0.456 e. The number of hydrogen-bond donors (Lipinski definition) is 1. The fourth-order valence-corrected chi connectivity index (χ4v) is 2.08. The van der Waals surface area contributed by atoms with Crippen LogP contribution in [0.3, 0.4) is 0 Å². The molecule has 0 aliphatic carbocycles. The standard InChI is InChI=1S/C18H21NO4/c1-11(19)16(20)22-14-10-9-12-7-5-6-8-13(12)15(14)17(21)23-18(2,3)4/h5-11H,19H2,1-4H3/t11-/m0/s1. The van der Waals surface area contributed by atoms with E-state index in [2.05, 4.69) is 0 Å². The summed E-state index contributed by atoms with van der Waals surface area (Å²) >= 11 is 0. The van der Waals surface area contributed by atoms with Crippen molar-refractivity contribution in [3.63, 3.8) is 0 Å². The third-order valence-electron chi connectivity index (χ3n) is 3.08. The van der Waals surface area contributed by atoms with Crippen LogP contribution in [0, 0.1) is 0 Å². The Morgan fingerprint density at radius 3 is 2.35 bits per heavy atom. The van der Waals surface area contributed by atoms with E-state index in [1.165, 1.54) is 6.92 Å². The first-order valence-electron chi connectivity index (χ1n) is 7.41. The number of carbonyl (C=O) groups is 2. The third kappa shape index (κ3) is 4.07. The molecule has 0 saturated heterocycles. The van der Waals surface area contributed by atoms with E-state index in [9.17, 15) is 9.59 Å². The van der Waals surface area contributed by atoms with E-state index in [0.29, 0.717) is 5.39 Å². The molecule has 5 heteroatoms. The van der Waals surface area contributed by atoms with Gasteiger partial charge in [-0.2, -0.15) is 0 Å². The lowest BCUT2D eigenvalue weighted by Crippen LogP contribution is -2.31. The van der Waals surface area contributed by atoms with Gasteiger partial charge >= 0.3 is 11.9 Å². The van der Waals surface area contributed by atoms with Crippen molar-refractivity contribution in [2.24, 2.45) is 5.73 Å². The molecule has 0 bridgehead atoms. The molecule has 0 fully saturated rings. The third-order valence-corrected chi connectivity index (χ3v) is 3.08. The van der Waals surface area contributed by atoms with Crippen LogP contribution in [0.4, 0.5) is 0 Å². The fourth-order valence-electron chi connectivity index (χ4n) is 2.08. The molecule has 0 radical (unpaired) electrons. The van der Waals surface area contributed by atoms with Crippen LogP contribution in [0.25, 0.3) is 10.8 Å². The summed E-state index contributed by atoms with van der Waals surface area (Å²) in [4.78, 5) is 24.4. The Bertz CT molecular complexity index is 744. The van der Waals surface area contributed by atoms with Crippen molar-refractivity contribution < 1.29 is 19.1 Å². The van der Waals surface area contributed by atoms with Gasteiger partial charge in [-0.3, -0.25) is 0 Å². The number of carbonyl (C=O) groups excluding carboxylic acids is 2. The summed E-state index contributed by atoms with van der Waals surface area (Å²) in [5.41, 5.74) is 5.11. The second kappa shape index (κ2) is 6.38. The molecule has 5 nitrogen and oxygen atoms in total. The summed E-state index contributed by atoms with van der Waals surface area (Å²) in [5, 5.41) is 1.52. The Morgan fingerprint density at radius 2 is 1.74 bits per heavy atom. The Labute approximate surface area is 135 Å². The smallest absolute Gasteiger partial charge is 0.343 e. The average molecular weight is 315 g/mol. The van der Waals surface area contributed by atoms with E-state index in [4.69, 9.17) is 15.2 Å². The highest BCUT2D eigenvalue weighted by atomic mass is 16.6. The molecular formula is C18H21NO4. The van der Waals surface area contributed by atoms with Gasteiger partial charge in [0.15, 0.2) is 0 Å². The molecule has 0 aromatic heterocycles. The minimum absolute atomic E-state index is 0.153. The molecule has 0 heterocycles. The van der Waals surface area contributed by atoms with Gasteiger partial charge in [0.05, 0.1) is 0 Å². The maximum absolute atomic E-state index is 12.6. The molecule has 2 aromatic carbocycles. The van der Waals surface area contributed by atoms with Crippen molar-refractivity contribution in [2.75, 3.05) is 0 Å². The molecule has 0 spiro atoms. The minimum Gasteiger partial charge on any atom is -0.456 e. The highest BCUT2D eigenvalue weighted by Gasteiger charge is 2.25. The van der Waals surface area contributed by atoms with Crippen molar-refractivity contribution in [1.82, 2.24) is 0 Å². The van der Waals surface area contributed by atoms with E-state index >= 15 is 0 Å². The lowest BCUT2D eigenvalue weighted by atomic mass is 10.0. The fraction of sp³-hybridized carbons (Fsp3) is 0.333. The van der Waals surface area contributed by atoms with Crippen molar-refractivity contribution in [3.8, 4) is 5.75 Å². The number of esters is 2. The van der Waals surface area contributed by atoms with Gasteiger partial charge in [-0.1, -0.05) is 30.3 Å². The zero-order chi connectivity index (χ0) is 17.2. The van der Waals surface area contributed by atoms with E-state index in [-0.39, 0.29) is 11.3 Å². The molecular weight excluding hydrogens is 294 g/mol. The average Bonchev–Trinajstić information content (AvgIpc) is 2.44. The van der Waals surface area contributed by atoms with Crippen LogP contribution >= 0.6 is 0 Å². The monoisotopic (exact) mass is 315 g/mol. The molecule has 122 valence electrons. The van der Waals surface area contributed by atoms with Gasteiger partial charge in [-0.05, 0) is 44.5 Å². The molecule has 1 atom stereocenters. The van der Waals surface area contributed by atoms with E-state index in [1.807, 2.05) is 18.2 Å². The number of hydrogen-bond acceptors (Lipinski definition) is 5.